The Morgan fingerprint density at radius 1 is 1.05 bits per heavy atom. The van der Waals surface area contributed by atoms with Crippen LogP contribution in [0.3, 0.4) is 0 Å². The highest BCUT2D eigenvalue weighted by atomic mass is 16.5. The van der Waals surface area contributed by atoms with Crippen molar-refractivity contribution in [2.24, 2.45) is 5.73 Å². The summed E-state index contributed by atoms with van der Waals surface area (Å²) in [5, 5.41) is 0. The summed E-state index contributed by atoms with van der Waals surface area (Å²) in [6, 6.07) is 10.2. The Hall–Kier alpha value is -2.69. The third-order valence-corrected chi connectivity index (χ3v) is 2.81. The first-order valence-electron chi connectivity index (χ1n) is 6.03. The van der Waals surface area contributed by atoms with E-state index in [0.717, 1.165) is 5.56 Å². The lowest BCUT2D eigenvalue weighted by Crippen LogP contribution is -2.12. The van der Waals surface area contributed by atoms with Gasteiger partial charge in [0.25, 0.3) is 5.91 Å². The Morgan fingerprint density at radius 3 is 2.40 bits per heavy atom. The second-order valence-electron chi connectivity index (χ2n) is 4.38. The lowest BCUT2D eigenvalue weighted by atomic mass is 10.1. The molecule has 0 aliphatic carbocycles. The number of primary amides is 1. The van der Waals surface area contributed by atoms with Gasteiger partial charge in [-0.3, -0.25) is 4.79 Å². The molecule has 2 aromatic carbocycles. The van der Waals surface area contributed by atoms with Gasteiger partial charge in [0.2, 0.25) is 0 Å². The molecular formula is C15H16N2O3. The molecule has 5 nitrogen and oxygen atoms in total. The number of aryl methyl sites for hydroxylation is 1. The highest BCUT2D eigenvalue weighted by Crippen LogP contribution is 2.34. The highest BCUT2D eigenvalue weighted by Gasteiger charge is 2.13. The number of methoxy groups -OCH3 is 1. The van der Waals surface area contributed by atoms with Gasteiger partial charge >= 0.3 is 0 Å². The molecule has 0 unspecified atom stereocenters. The first kappa shape index (κ1) is 13.7. The van der Waals surface area contributed by atoms with Crippen LogP contribution in [-0.4, -0.2) is 13.0 Å². The largest absolute Gasteiger partial charge is 0.493 e. The van der Waals surface area contributed by atoms with Gasteiger partial charge in [-0.15, -0.1) is 0 Å². The smallest absolute Gasteiger partial charge is 0.252 e. The first-order chi connectivity index (χ1) is 9.51. The average Bonchev–Trinajstić information content (AvgIpc) is 2.42. The van der Waals surface area contributed by atoms with E-state index < -0.39 is 5.91 Å². The number of nitrogen functional groups attached to an aromatic ring is 1. The molecule has 0 spiro atoms. The number of amides is 1. The number of nitrogens with two attached hydrogens (primary N) is 2. The van der Waals surface area contributed by atoms with Gasteiger partial charge in [-0.25, -0.2) is 0 Å². The number of rotatable bonds is 4. The van der Waals surface area contributed by atoms with Crippen LogP contribution in [0.15, 0.2) is 36.4 Å². The van der Waals surface area contributed by atoms with E-state index in [4.69, 9.17) is 20.9 Å². The molecule has 0 aromatic heterocycles. The Labute approximate surface area is 117 Å². The van der Waals surface area contributed by atoms with Crippen LogP contribution in [0.2, 0.25) is 0 Å². The van der Waals surface area contributed by atoms with E-state index in [0.29, 0.717) is 22.9 Å². The van der Waals surface area contributed by atoms with Crippen LogP contribution in [0.25, 0.3) is 0 Å². The van der Waals surface area contributed by atoms with E-state index in [1.165, 1.54) is 6.07 Å². The molecule has 5 heteroatoms. The highest BCUT2D eigenvalue weighted by molar-refractivity contribution is 5.96. The molecule has 1 amide bonds. The molecule has 20 heavy (non-hydrogen) atoms. The van der Waals surface area contributed by atoms with Gasteiger partial charge in [-0.1, -0.05) is 6.07 Å². The van der Waals surface area contributed by atoms with Gasteiger partial charge in [0.1, 0.15) is 5.75 Å². The van der Waals surface area contributed by atoms with Crippen LogP contribution >= 0.6 is 0 Å². The maximum Gasteiger partial charge on any atom is 0.252 e. The zero-order valence-electron chi connectivity index (χ0n) is 11.3. The zero-order chi connectivity index (χ0) is 14.7. The van der Waals surface area contributed by atoms with E-state index in [1.807, 2.05) is 19.1 Å². The average molecular weight is 272 g/mol. The lowest BCUT2D eigenvalue weighted by molar-refractivity contribution is 0.0998. The Bertz CT molecular complexity index is 654. The summed E-state index contributed by atoms with van der Waals surface area (Å²) in [6.07, 6.45) is 0. The molecular weight excluding hydrogens is 256 g/mol. The maximum absolute atomic E-state index is 11.4. The fourth-order valence-electron chi connectivity index (χ4n) is 1.81. The van der Waals surface area contributed by atoms with Crippen LogP contribution in [0, 0.1) is 6.92 Å². The van der Waals surface area contributed by atoms with Crippen LogP contribution in [0.1, 0.15) is 15.9 Å². The van der Waals surface area contributed by atoms with Crippen LogP contribution in [-0.2, 0) is 0 Å². The van der Waals surface area contributed by atoms with Crippen LogP contribution in [0.5, 0.6) is 17.2 Å². The summed E-state index contributed by atoms with van der Waals surface area (Å²) < 4.78 is 11.0. The van der Waals surface area contributed by atoms with Gasteiger partial charge in [-0.05, 0) is 42.8 Å². The SMILES string of the molecule is COc1cc(C)ccc1Oc1ccc(N)cc1C(N)=O. The Balaban J connectivity index is 2.42. The molecule has 0 saturated heterocycles. The molecule has 0 aliphatic rings. The number of hydrogen-bond donors (Lipinski definition) is 2. The minimum absolute atomic E-state index is 0.229. The molecule has 0 saturated carbocycles. The molecule has 0 heterocycles. The molecule has 4 N–H and O–H groups in total. The minimum atomic E-state index is -0.599. The summed E-state index contributed by atoms with van der Waals surface area (Å²) in [7, 11) is 1.56. The number of benzene rings is 2. The standard InChI is InChI=1S/C15H16N2O3/c1-9-3-5-13(14(7-9)19-2)20-12-6-4-10(16)8-11(12)15(17)18/h3-8H,16H2,1-2H3,(H2,17,18). The van der Waals surface area contributed by atoms with Crippen LogP contribution in [0.4, 0.5) is 5.69 Å². The number of hydrogen-bond acceptors (Lipinski definition) is 4. The first-order valence-corrected chi connectivity index (χ1v) is 6.03. The topological polar surface area (TPSA) is 87.6 Å². The van der Waals surface area contributed by atoms with E-state index in [9.17, 15) is 4.79 Å². The van der Waals surface area contributed by atoms with Crippen molar-refractivity contribution in [2.45, 2.75) is 6.92 Å². The van der Waals surface area contributed by atoms with Crippen molar-refractivity contribution >= 4 is 11.6 Å². The number of ether oxygens (including phenoxy) is 2. The molecule has 104 valence electrons. The van der Waals surface area contributed by atoms with Crippen molar-refractivity contribution in [2.75, 3.05) is 12.8 Å². The molecule has 0 aliphatic heterocycles. The van der Waals surface area contributed by atoms with Crippen LogP contribution < -0.4 is 20.9 Å². The normalized spacial score (nSPS) is 10.1. The van der Waals surface area contributed by atoms with Crippen molar-refractivity contribution < 1.29 is 14.3 Å². The number of carbonyl (C=O) groups excluding carboxylic acids is 1. The molecule has 0 fully saturated rings. The Kier molecular flexibility index (Phi) is 3.79. The summed E-state index contributed by atoms with van der Waals surface area (Å²) >= 11 is 0. The monoisotopic (exact) mass is 272 g/mol. The Morgan fingerprint density at radius 2 is 1.75 bits per heavy atom. The van der Waals surface area contributed by atoms with Gasteiger partial charge in [0, 0.05) is 5.69 Å². The summed E-state index contributed by atoms with van der Waals surface area (Å²) in [5.74, 6) is 0.829. The van der Waals surface area contributed by atoms with E-state index in [-0.39, 0.29) is 5.56 Å². The van der Waals surface area contributed by atoms with Crippen molar-refractivity contribution in [3.63, 3.8) is 0 Å². The quantitative estimate of drug-likeness (QED) is 0.837. The van der Waals surface area contributed by atoms with E-state index in [2.05, 4.69) is 0 Å². The predicted molar refractivity (Wildman–Crippen MR) is 77.2 cm³/mol. The van der Waals surface area contributed by atoms with E-state index >= 15 is 0 Å². The van der Waals surface area contributed by atoms with Crippen molar-refractivity contribution in [1.82, 2.24) is 0 Å². The summed E-state index contributed by atoms with van der Waals surface area (Å²) in [4.78, 5) is 11.4. The van der Waals surface area contributed by atoms with Crippen molar-refractivity contribution in [3.05, 3.63) is 47.5 Å². The summed E-state index contributed by atoms with van der Waals surface area (Å²) in [5.41, 5.74) is 12.7. The summed E-state index contributed by atoms with van der Waals surface area (Å²) in [6.45, 7) is 1.95. The predicted octanol–water partition coefficient (Wildman–Crippen LogP) is 2.48. The molecule has 0 bridgehead atoms. The second kappa shape index (κ2) is 5.52. The van der Waals surface area contributed by atoms with Crippen molar-refractivity contribution in [3.8, 4) is 17.2 Å². The molecule has 0 radical (unpaired) electrons. The minimum Gasteiger partial charge on any atom is -0.493 e. The molecule has 0 atom stereocenters. The van der Waals surface area contributed by atoms with Gasteiger partial charge in [0.05, 0.1) is 12.7 Å². The third kappa shape index (κ3) is 2.83. The van der Waals surface area contributed by atoms with Gasteiger partial charge < -0.3 is 20.9 Å². The van der Waals surface area contributed by atoms with E-state index in [1.54, 1.807) is 25.3 Å². The van der Waals surface area contributed by atoms with Crippen molar-refractivity contribution in [1.29, 1.82) is 0 Å². The number of carbonyl (C=O) groups is 1. The lowest BCUT2D eigenvalue weighted by Gasteiger charge is -2.13. The molecule has 2 aromatic rings. The zero-order valence-corrected chi connectivity index (χ0v) is 11.3. The van der Waals surface area contributed by atoms with Gasteiger partial charge in [-0.2, -0.15) is 0 Å². The fourth-order valence-corrected chi connectivity index (χ4v) is 1.81. The number of anilines is 1. The molecule has 2 rings (SSSR count). The van der Waals surface area contributed by atoms with Gasteiger partial charge in [0.15, 0.2) is 11.5 Å². The fraction of sp³-hybridized carbons (Fsp3) is 0.133. The third-order valence-electron chi connectivity index (χ3n) is 2.81. The second-order valence-corrected chi connectivity index (χ2v) is 4.38. The maximum atomic E-state index is 11.4.